The number of anilines is 2. The molecule has 0 aromatic heterocycles. The highest BCUT2D eigenvalue weighted by Crippen LogP contribution is 2.24. The first kappa shape index (κ1) is 19.9. The van der Waals surface area contributed by atoms with Gasteiger partial charge in [-0.2, -0.15) is 0 Å². The van der Waals surface area contributed by atoms with Gasteiger partial charge in [0.15, 0.2) is 0 Å². The van der Waals surface area contributed by atoms with Crippen molar-refractivity contribution in [2.45, 2.75) is 52.4 Å². The van der Waals surface area contributed by atoms with E-state index in [9.17, 15) is 9.59 Å². The molecular weight excluding hydrogens is 348 g/mol. The first-order valence-electron chi connectivity index (χ1n) is 10.2. The molecule has 0 atom stereocenters. The molecule has 0 saturated heterocycles. The number of imide groups is 1. The minimum absolute atomic E-state index is 0.307. The van der Waals surface area contributed by atoms with Crippen LogP contribution in [0.25, 0.3) is 0 Å². The fraction of sp³-hybridized carbons (Fsp3) is 0.333. The summed E-state index contributed by atoms with van der Waals surface area (Å²) >= 11 is 0. The van der Waals surface area contributed by atoms with E-state index in [-0.39, 0.29) is 11.8 Å². The zero-order chi connectivity index (χ0) is 19.9. The van der Waals surface area contributed by atoms with Crippen molar-refractivity contribution in [3.05, 3.63) is 71.4 Å². The maximum Gasteiger partial charge on any atom is 0.281 e. The third-order valence-electron chi connectivity index (χ3n) is 4.99. The number of aryl methyl sites for hydroxylation is 2. The average Bonchev–Trinajstić information content (AvgIpc) is 2.99. The van der Waals surface area contributed by atoms with E-state index < -0.39 is 0 Å². The first-order chi connectivity index (χ1) is 13.6. The first-order valence-corrected chi connectivity index (χ1v) is 10.2. The van der Waals surface area contributed by atoms with Crippen molar-refractivity contribution < 1.29 is 9.59 Å². The molecule has 0 spiro atoms. The van der Waals surface area contributed by atoms with Gasteiger partial charge in [0.05, 0.1) is 5.69 Å². The molecule has 1 aliphatic rings. The van der Waals surface area contributed by atoms with E-state index in [1.807, 2.05) is 36.4 Å². The molecule has 0 bridgehead atoms. The maximum atomic E-state index is 12.8. The summed E-state index contributed by atoms with van der Waals surface area (Å²) in [4.78, 5) is 26.4. The zero-order valence-electron chi connectivity index (χ0n) is 16.7. The molecular formula is C24H28N2O2. The molecule has 2 aromatic carbocycles. The maximum absolute atomic E-state index is 12.8. The second-order valence-electron chi connectivity index (χ2n) is 7.23. The lowest BCUT2D eigenvalue weighted by molar-refractivity contribution is -0.120. The number of rotatable bonds is 9. The van der Waals surface area contributed by atoms with Crippen LogP contribution in [0.4, 0.5) is 11.4 Å². The van der Waals surface area contributed by atoms with Gasteiger partial charge in [-0.15, -0.1) is 0 Å². The minimum atomic E-state index is -0.318. The summed E-state index contributed by atoms with van der Waals surface area (Å²) in [5.74, 6) is -0.630. The molecule has 0 aliphatic carbocycles. The topological polar surface area (TPSA) is 49.4 Å². The van der Waals surface area contributed by atoms with E-state index in [4.69, 9.17) is 0 Å². The van der Waals surface area contributed by atoms with E-state index in [1.165, 1.54) is 28.5 Å². The molecule has 1 N–H and O–H groups in total. The van der Waals surface area contributed by atoms with Gasteiger partial charge in [0, 0.05) is 11.8 Å². The normalized spacial score (nSPS) is 13.8. The molecule has 146 valence electrons. The molecule has 28 heavy (non-hydrogen) atoms. The van der Waals surface area contributed by atoms with Crippen LogP contribution in [0.5, 0.6) is 0 Å². The Morgan fingerprint density at radius 2 is 1.32 bits per heavy atom. The summed E-state index contributed by atoms with van der Waals surface area (Å²) in [5, 5.41) is 3.09. The number of nitrogens with zero attached hydrogens (tertiary/aromatic N) is 1. The zero-order valence-corrected chi connectivity index (χ0v) is 16.7. The quantitative estimate of drug-likeness (QED) is 0.609. The fourth-order valence-electron chi connectivity index (χ4n) is 3.29. The van der Waals surface area contributed by atoms with E-state index in [0.717, 1.165) is 37.8 Å². The number of carbonyl (C=O) groups excluding carboxylic acids is 2. The SMILES string of the molecule is CCCCc1ccc(NC2=CC(=O)N(c3ccc(CCCC)cc3)C2=O)cc1. The Kier molecular flexibility index (Phi) is 6.64. The summed E-state index contributed by atoms with van der Waals surface area (Å²) in [7, 11) is 0. The lowest BCUT2D eigenvalue weighted by atomic mass is 10.1. The van der Waals surface area contributed by atoms with Gasteiger partial charge in [0.2, 0.25) is 0 Å². The number of nitrogens with one attached hydrogen (secondary N) is 1. The van der Waals surface area contributed by atoms with Crippen molar-refractivity contribution in [2.24, 2.45) is 0 Å². The number of unbranched alkanes of at least 4 members (excludes halogenated alkanes) is 2. The van der Waals surface area contributed by atoms with Crippen LogP contribution < -0.4 is 10.2 Å². The van der Waals surface area contributed by atoms with E-state index >= 15 is 0 Å². The Morgan fingerprint density at radius 1 is 0.786 bits per heavy atom. The van der Waals surface area contributed by atoms with E-state index in [2.05, 4.69) is 31.3 Å². The molecule has 1 heterocycles. The van der Waals surface area contributed by atoms with Crippen LogP contribution >= 0.6 is 0 Å². The fourth-order valence-corrected chi connectivity index (χ4v) is 3.29. The summed E-state index contributed by atoms with van der Waals surface area (Å²) in [6.45, 7) is 4.34. The lowest BCUT2D eigenvalue weighted by Gasteiger charge is -2.16. The smallest absolute Gasteiger partial charge is 0.281 e. The summed E-state index contributed by atoms with van der Waals surface area (Å²) in [5.41, 5.74) is 4.23. The van der Waals surface area contributed by atoms with Crippen LogP contribution in [0.2, 0.25) is 0 Å². The standard InChI is InChI=1S/C24H28N2O2/c1-3-5-7-18-9-13-20(14-10-18)25-22-17-23(27)26(24(22)28)21-15-11-19(12-16-21)8-6-4-2/h9-17,25H,3-8H2,1-2H3. The lowest BCUT2D eigenvalue weighted by Crippen LogP contribution is -2.31. The minimum Gasteiger partial charge on any atom is -0.351 e. The predicted molar refractivity (Wildman–Crippen MR) is 114 cm³/mol. The number of hydrogen-bond acceptors (Lipinski definition) is 3. The highest BCUT2D eigenvalue weighted by atomic mass is 16.2. The Balaban J connectivity index is 1.66. The third kappa shape index (κ3) is 4.69. The van der Waals surface area contributed by atoms with Crippen molar-refractivity contribution in [3.63, 3.8) is 0 Å². The van der Waals surface area contributed by atoms with Crippen LogP contribution in [0.1, 0.15) is 50.7 Å². The van der Waals surface area contributed by atoms with Gasteiger partial charge in [0.1, 0.15) is 5.70 Å². The van der Waals surface area contributed by atoms with Gasteiger partial charge in [-0.05, 0) is 61.1 Å². The van der Waals surface area contributed by atoms with Crippen molar-refractivity contribution in [3.8, 4) is 0 Å². The van der Waals surface area contributed by atoms with Gasteiger partial charge in [-0.25, -0.2) is 4.90 Å². The number of hydrogen-bond donors (Lipinski definition) is 1. The molecule has 3 rings (SSSR count). The number of benzene rings is 2. The second-order valence-corrected chi connectivity index (χ2v) is 7.23. The predicted octanol–water partition coefficient (Wildman–Crippen LogP) is 5.24. The van der Waals surface area contributed by atoms with Crippen molar-refractivity contribution in [2.75, 3.05) is 10.2 Å². The summed E-state index contributed by atoms with van der Waals surface area (Å²) < 4.78 is 0. The molecule has 4 nitrogen and oxygen atoms in total. The Labute approximate surface area is 167 Å². The number of carbonyl (C=O) groups is 2. The molecule has 2 amide bonds. The monoisotopic (exact) mass is 376 g/mol. The van der Waals surface area contributed by atoms with Gasteiger partial charge >= 0.3 is 0 Å². The third-order valence-corrected chi connectivity index (χ3v) is 4.99. The molecule has 0 radical (unpaired) electrons. The summed E-state index contributed by atoms with van der Waals surface area (Å²) in [6.07, 6.45) is 8.04. The average molecular weight is 377 g/mol. The summed E-state index contributed by atoms with van der Waals surface area (Å²) in [6, 6.07) is 15.7. The van der Waals surface area contributed by atoms with Crippen LogP contribution in [-0.4, -0.2) is 11.8 Å². The van der Waals surface area contributed by atoms with Crippen molar-refractivity contribution in [1.29, 1.82) is 0 Å². The van der Waals surface area contributed by atoms with Gasteiger partial charge in [-0.3, -0.25) is 9.59 Å². The highest BCUT2D eigenvalue weighted by Gasteiger charge is 2.32. The Morgan fingerprint density at radius 3 is 1.86 bits per heavy atom. The van der Waals surface area contributed by atoms with Crippen LogP contribution in [0.15, 0.2) is 60.3 Å². The van der Waals surface area contributed by atoms with E-state index in [1.54, 1.807) is 0 Å². The number of amides is 2. The second kappa shape index (κ2) is 9.36. The Hall–Kier alpha value is -2.88. The van der Waals surface area contributed by atoms with Crippen LogP contribution in [0.3, 0.4) is 0 Å². The van der Waals surface area contributed by atoms with Crippen LogP contribution in [0, 0.1) is 0 Å². The molecule has 0 fully saturated rings. The van der Waals surface area contributed by atoms with Gasteiger partial charge in [0.25, 0.3) is 11.8 Å². The molecule has 0 unspecified atom stereocenters. The van der Waals surface area contributed by atoms with E-state index in [0.29, 0.717) is 11.4 Å². The van der Waals surface area contributed by atoms with Gasteiger partial charge < -0.3 is 5.32 Å². The Bertz CT molecular complexity index is 851. The molecule has 1 aliphatic heterocycles. The van der Waals surface area contributed by atoms with Gasteiger partial charge in [-0.1, -0.05) is 51.0 Å². The largest absolute Gasteiger partial charge is 0.351 e. The van der Waals surface area contributed by atoms with Crippen molar-refractivity contribution >= 4 is 23.2 Å². The highest BCUT2D eigenvalue weighted by molar-refractivity contribution is 6.31. The molecule has 4 heteroatoms. The van der Waals surface area contributed by atoms with Crippen molar-refractivity contribution in [1.82, 2.24) is 0 Å². The molecule has 0 saturated carbocycles. The van der Waals surface area contributed by atoms with Crippen LogP contribution in [-0.2, 0) is 22.4 Å². The molecule has 2 aromatic rings.